The molecule has 0 spiro atoms. The molecule has 0 amide bonds. The predicted molar refractivity (Wildman–Crippen MR) is 95.4 cm³/mol. The molecule has 8 heteroatoms. The summed E-state index contributed by atoms with van der Waals surface area (Å²) in [5.41, 5.74) is 2.05. The van der Waals surface area contributed by atoms with Crippen LogP contribution in [0.2, 0.25) is 0 Å². The molecule has 2 N–H and O–H groups in total. The van der Waals surface area contributed by atoms with E-state index in [1.165, 1.54) is 0 Å². The van der Waals surface area contributed by atoms with E-state index in [9.17, 15) is 0 Å². The van der Waals surface area contributed by atoms with E-state index in [0.717, 1.165) is 23.6 Å². The fourth-order valence-electron chi connectivity index (χ4n) is 3.91. The number of pyridine rings is 1. The number of benzene rings is 1. The van der Waals surface area contributed by atoms with Crippen molar-refractivity contribution in [1.29, 1.82) is 0 Å². The highest BCUT2D eigenvalue weighted by Gasteiger charge is 2.51. The van der Waals surface area contributed by atoms with E-state index >= 15 is 0 Å². The lowest BCUT2D eigenvalue weighted by molar-refractivity contribution is -0.708. The highest BCUT2D eigenvalue weighted by molar-refractivity contribution is 5.54. The summed E-state index contributed by atoms with van der Waals surface area (Å²) in [6, 6.07) is 16.2. The molecule has 2 fully saturated rings. The molecule has 5 rings (SSSR count). The van der Waals surface area contributed by atoms with Crippen LogP contribution in [0.3, 0.4) is 0 Å². The Morgan fingerprint density at radius 3 is 2.70 bits per heavy atom. The van der Waals surface area contributed by atoms with Gasteiger partial charge in [-0.05, 0) is 22.6 Å². The molecule has 3 aromatic rings. The number of ether oxygens (including phenoxy) is 2. The van der Waals surface area contributed by atoms with Crippen molar-refractivity contribution in [2.24, 2.45) is 0 Å². The van der Waals surface area contributed by atoms with Gasteiger partial charge >= 0.3 is 0 Å². The molecule has 0 aliphatic carbocycles. The lowest BCUT2D eigenvalue weighted by atomic mass is 10.1. The third kappa shape index (κ3) is 3.12. The van der Waals surface area contributed by atoms with E-state index in [2.05, 4.69) is 25.8 Å². The summed E-state index contributed by atoms with van der Waals surface area (Å²) in [6.07, 6.45) is 1.81. The molecule has 4 atom stereocenters. The zero-order chi connectivity index (χ0) is 18.1. The third-order valence-corrected chi connectivity index (χ3v) is 5.26. The first kappa shape index (κ1) is 16.5. The first-order valence-corrected chi connectivity index (χ1v) is 9.20. The number of fused-ring (bicyclic) bond motifs is 1. The van der Waals surface area contributed by atoms with E-state index in [-0.39, 0.29) is 24.3 Å². The summed E-state index contributed by atoms with van der Waals surface area (Å²) < 4.78 is 14.1. The Hall–Kier alpha value is -2.68. The summed E-state index contributed by atoms with van der Waals surface area (Å²) >= 11 is 0. The topological polar surface area (TPSA) is 91.6 Å². The van der Waals surface area contributed by atoms with Crippen LogP contribution < -0.4 is 5.32 Å². The Balaban J connectivity index is 1.31. The molecule has 2 aliphatic heterocycles. The maximum atomic E-state index is 6.11. The number of aromatic nitrogens is 5. The second-order valence-electron chi connectivity index (χ2n) is 6.90. The Bertz CT molecular complexity index is 887. The molecule has 0 radical (unpaired) electrons. The Morgan fingerprint density at radius 2 is 1.85 bits per heavy atom. The van der Waals surface area contributed by atoms with Crippen LogP contribution in [0.25, 0.3) is 11.4 Å². The largest absolute Gasteiger partial charge is 0.367 e. The summed E-state index contributed by atoms with van der Waals surface area (Å²) in [7, 11) is 0. The second-order valence-corrected chi connectivity index (χ2v) is 6.90. The van der Waals surface area contributed by atoms with E-state index in [4.69, 9.17) is 9.47 Å². The Morgan fingerprint density at radius 1 is 1.00 bits per heavy atom. The summed E-state index contributed by atoms with van der Waals surface area (Å²) in [4.78, 5) is 4.38. The molecule has 1 aromatic carbocycles. The zero-order valence-electron chi connectivity index (χ0n) is 14.8. The minimum Gasteiger partial charge on any atom is -0.367 e. The van der Waals surface area contributed by atoms with Gasteiger partial charge in [0.15, 0.2) is 5.82 Å². The van der Waals surface area contributed by atoms with Gasteiger partial charge < -0.3 is 14.8 Å². The van der Waals surface area contributed by atoms with Gasteiger partial charge in [-0.3, -0.25) is 4.98 Å². The number of tetrazole rings is 1. The van der Waals surface area contributed by atoms with Crippen molar-refractivity contribution in [3.8, 4) is 11.4 Å². The van der Waals surface area contributed by atoms with Crippen molar-refractivity contribution in [1.82, 2.24) is 25.2 Å². The van der Waals surface area contributed by atoms with E-state index < -0.39 is 0 Å². The van der Waals surface area contributed by atoms with Crippen LogP contribution in [0, 0.1) is 0 Å². The summed E-state index contributed by atoms with van der Waals surface area (Å²) in [6.45, 7) is 2.02. The van der Waals surface area contributed by atoms with E-state index in [1.54, 1.807) is 0 Å². The zero-order valence-corrected chi connectivity index (χ0v) is 14.8. The predicted octanol–water partition coefficient (Wildman–Crippen LogP) is 0.206. The van der Waals surface area contributed by atoms with Crippen molar-refractivity contribution in [2.45, 2.75) is 30.8 Å². The van der Waals surface area contributed by atoms with Crippen LogP contribution in [0.4, 0.5) is 0 Å². The summed E-state index contributed by atoms with van der Waals surface area (Å²) in [5, 5.41) is 14.6. The van der Waals surface area contributed by atoms with Gasteiger partial charge in [0.1, 0.15) is 37.4 Å². The van der Waals surface area contributed by atoms with Crippen LogP contribution in [-0.4, -0.2) is 56.7 Å². The first-order chi connectivity index (χ1) is 13.4. The lowest BCUT2D eigenvalue weighted by Gasteiger charge is -2.17. The van der Waals surface area contributed by atoms with Crippen molar-refractivity contribution in [3.05, 3.63) is 60.4 Å². The van der Waals surface area contributed by atoms with Crippen LogP contribution >= 0.6 is 0 Å². The maximum Gasteiger partial charge on any atom is 0.182 e. The molecule has 27 heavy (non-hydrogen) atoms. The van der Waals surface area contributed by atoms with Crippen LogP contribution in [0.1, 0.15) is 11.7 Å². The monoisotopic (exact) mass is 365 g/mol. The molecule has 138 valence electrons. The third-order valence-electron chi connectivity index (χ3n) is 5.26. The van der Waals surface area contributed by atoms with Crippen LogP contribution in [0.15, 0.2) is 54.7 Å². The van der Waals surface area contributed by atoms with Crippen molar-refractivity contribution >= 4 is 0 Å². The second kappa shape index (κ2) is 7.15. The molecular weight excluding hydrogens is 344 g/mol. The van der Waals surface area contributed by atoms with Gasteiger partial charge in [0.25, 0.3) is 0 Å². The first-order valence-electron chi connectivity index (χ1n) is 9.20. The van der Waals surface area contributed by atoms with Gasteiger partial charge in [0.2, 0.25) is 0 Å². The van der Waals surface area contributed by atoms with Crippen LogP contribution in [0.5, 0.6) is 0 Å². The average Bonchev–Trinajstić information content (AvgIpc) is 3.44. The number of rotatable bonds is 5. The molecular formula is C19H21N6O2+. The van der Waals surface area contributed by atoms with Gasteiger partial charge in [-0.2, -0.15) is 0 Å². The van der Waals surface area contributed by atoms with Gasteiger partial charge in [0, 0.05) is 11.8 Å². The van der Waals surface area contributed by atoms with Crippen molar-refractivity contribution in [3.63, 3.8) is 0 Å². The number of hydrogen-bond donors (Lipinski definition) is 1. The SMILES string of the molecule is c1ccc(-c2nnnn2[C@H]2CO[C@H]3[C@@H]2OC[C@@H]3[NH2+]Cc2ccccn2)cc1. The minimum absolute atomic E-state index is 0.0199. The van der Waals surface area contributed by atoms with Gasteiger partial charge in [-0.25, -0.2) is 4.68 Å². The van der Waals surface area contributed by atoms with Gasteiger partial charge in [0.05, 0.1) is 12.3 Å². The molecule has 2 aliphatic rings. The minimum atomic E-state index is -0.0408. The van der Waals surface area contributed by atoms with E-state index in [0.29, 0.717) is 13.2 Å². The smallest absolute Gasteiger partial charge is 0.182 e. The molecule has 2 saturated heterocycles. The van der Waals surface area contributed by atoms with E-state index in [1.807, 2.05) is 59.4 Å². The van der Waals surface area contributed by atoms with Crippen molar-refractivity contribution < 1.29 is 14.8 Å². The molecule has 0 bridgehead atoms. The normalized spacial score (nSPS) is 27.0. The fraction of sp³-hybridized carbons (Fsp3) is 0.368. The Labute approximate surface area is 156 Å². The molecule has 0 saturated carbocycles. The highest BCUT2D eigenvalue weighted by atomic mass is 16.6. The Kier molecular flexibility index (Phi) is 4.36. The summed E-state index contributed by atoms with van der Waals surface area (Å²) in [5.74, 6) is 0.745. The number of nitrogens with zero attached hydrogens (tertiary/aromatic N) is 5. The van der Waals surface area contributed by atoms with Gasteiger partial charge in [-0.15, -0.1) is 5.10 Å². The number of nitrogens with two attached hydrogens (primary N) is 1. The van der Waals surface area contributed by atoms with Gasteiger partial charge in [-0.1, -0.05) is 36.4 Å². The quantitative estimate of drug-likeness (QED) is 0.695. The van der Waals surface area contributed by atoms with Crippen molar-refractivity contribution in [2.75, 3.05) is 13.2 Å². The average molecular weight is 365 g/mol. The number of quaternary nitrogens is 1. The standard InChI is InChI=1S/C19H20N6O2/c1-2-6-13(7-3-1)19-22-23-24-25(19)16-12-27-17-15(11-26-18(16)17)21-10-14-8-4-5-9-20-14/h1-9,15-18,21H,10-12H2/p+1/t15-,16-,17+,18+/m0/s1. The highest BCUT2D eigenvalue weighted by Crippen LogP contribution is 2.34. The van der Waals surface area contributed by atoms with Crippen LogP contribution in [-0.2, 0) is 16.0 Å². The maximum absolute atomic E-state index is 6.11. The molecule has 4 heterocycles. The molecule has 0 unspecified atom stereocenters. The fourth-order valence-corrected chi connectivity index (χ4v) is 3.91. The number of hydrogen-bond acceptors (Lipinski definition) is 6. The molecule has 8 nitrogen and oxygen atoms in total. The molecule has 2 aromatic heterocycles. The lowest BCUT2D eigenvalue weighted by Crippen LogP contribution is -2.91.